The molecule has 1 saturated heterocycles. The van der Waals surface area contributed by atoms with Crippen LogP contribution < -0.4 is 4.74 Å². The number of nitrogens with zero attached hydrogens (tertiary/aromatic N) is 1. The number of carbonyl (C=O) groups is 1. The summed E-state index contributed by atoms with van der Waals surface area (Å²) >= 11 is 3.18. The summed E-state index contributed by atoms with van der Waals surface area (Å²) in [6, 6.07) is 1.48. The molecule has 0 saturated carbocycles. The van der Waals surface area contributed by atoms with Gasteiger partial charge in [-0.2, -0.15) is 0 Å². The van der Waals surface area contributed by atoms with Crippen LogP contribution in [0.25, 0.3) is 0 Å². The molecule has 5 nitrogen and oxygen atoms in total. The minimum Gasteiger partial charge on any atom is -0.477 e. The zero-order valence-corrected chi connectivity index (χ0v) is 10.6. The van der Waals surface area contributed by atoms with Crippen LogP contribution >= 0.6 is 15.9 Å². The highest BCUT2D eigenvalue weighted by Gasteiger charge is 2.19. The molecule has 0 bridgehead atoms. The average molecular weight is 302 g/mol. The van der Waals surface area contributed by atoms with E-state index in [1.807, 2.05) is 0 Å². The molecule has 2 rings (SSSR count). The van der Waals surface area contributed by atoms with Gasteiger partial charge in [-0.1, -0.05) is 0 Å². The molecule has 2 heterocycles. The van der Waals surface area contributed by atoms with Gasteiger partial charge in [0.05, 0.1) is 13.2 Å². The van der Waals surface area contributed by atoms with Crippen LogP contribution in [0.5, 0.6) is 5.88 Å². The summed E-state index contributed by atoms with van der Waals surface area (Å²) in [4.78, 5) is 15.0. The standard InChI is InChI=1S/C11H12BrNO4/c12-8-3-9(11(14)15)10(13-4-8)17-6-7-1-2-16-5-7/h3-4,7H,1-2,5-6H2,(H,14,15). The number of carboxylic acids is 1. The second kappa shape index (κ2) is 5.46. The Kier molecular flexibility index (Phi) is 3.96. The Morgan fingerprint density at radius 3 is 3.18 bits per heavy atom. The van der Waals surface area contributed by atoms with Crippen LogP contribution in [0.2, 0.25) is 0 Å². The van der Waals surface area contributed by atoms with Crippen molar-refractivity contribution in [1.82, 2.24) is 4.98 Å². The molecule has 0 amide bonds. The summed E-state index contributed by atoms with van der Waals surface area (Å²) in [5.41, 5.74) is 0.0679. The van der Waals surface area contributed by atoms with Gasteiger partial charge in [0, 0.05) is 23.2 Å². The highest BCUT2D eigenvalue weighted by Crippen LogP contribution is 2.21. The molecule has 1 aromatic heterocycles. The van der Waals surface area contributed by atoms with Gasteiger partial charge >= 0.3 is 5.97 Å². The predicted molar refractivity (Wildman–Crippen MR) is 63.3 cm³/mol. The van der Waals surface area contributed by atoms with E-state index in [0.717, 1.165) is 13.0 Å². The summed E-state index contributed by atoms with van der Waals surface area (Å²) in [5.74, 6) is -0.564. The first kappa shape index (κ1) is 12.3. The summed E-state index contributed by atoms with van der Waals surface area (Å²) in [6.45, 7) is 1.85. The minimum atomic E-state index is -1.04. The monoisotopic (exact) mass is 301 g/mol. The highest BCUT2D eigenvalue weighted by molar-refractivity contribution is 9.10. The Morgan fingerprint density at radius 1 is 1.71 bits per heavy atom. The van der Waals surface area contributed by atoms with E-state index < -0.39 is 5.97 Å². The van der Waals surface area contributed by atoms with Crippen LogP contribution in [0.3, 0.4) is 0 Å². The first-order chi connectivity index (χ1) is 8.16. The molecule has 0 radical (unpaired) electrons. The number of carboxylic acid groups (broad SMARTS) is 1. The van der Waals surface area contributed by atoms with Gasteiger partial charge in [-0.3, -0.25) is 0 Å². The second-order valence-electron chi connectivity index (χ2n) is 3.85. The molecular weight excluding hydrogens is 290 g/mol. The highest BCUT2D eigenvalue weighted by atomic mass is 79.9. The van der Waals surface area contributed by atoms with Crippen LogP contribution in [0.15, 0.2) is 16.7 Å². The fourth-order valence-corrected chi connectivity index (χ4v) is 1.94. The molecule has 0 spiro atoms. The first-order valence-electron chi connectivity index (χ1n) is 5.26. The maximum Gasteiger partial charge on any atom is 0.341 e. The van der Waals surface area contributed by atoms with Crippen molar-refractivity contribution in [1.29, 1.82) is 0 Å². The molecular formula is C11H12BrNO4. The summed E-state index contributed by atoms with van der Waals surface area (Å²) < 4.78 is 11.3. The molecule has 0 aromatic carbocycles. The summed E-state index contributed by atoms with van der Waals surface area (Å²) in [5, 5.41) is 9.02. The van der Waals surface area contributed by atoms with Crippen LogP contribution in [-0.2, 0) is 4.74 Å². The van der Waals surface area contributed by atoms with Crippen molar-refractivity contribution in [2.24, 2.45) is 5.92 Å². The normalized spacial score (nSPS) is 19.2. The van der Waals surface area contributed by atoms with Gasteiger partial charge in [0.1, 0.15) is 5.56 Å². The van der Waals surface area contributed by atoms with Gasteiger partial charge in [0.15, 0.2) is 0 Å². The SMILES string of the molecule is O=C(O)c1cc(Br)cnc1OCC1CCOC1. The Bertz CT molecular complexity index is 418. The molecule has 0 aliphatic carbocycles. The van der Waals surface area contributed by atoms with Crippen molar-refractivity contribution < 1.29 is 19.4 Å². The Morgan fingerprint density at radius 2 is 2.53 bits per heavy atom. The lowest BCUT2D eigenvalue weighted by Crippen LogP contribution is -2.14. The molecule has 6 heteroatoms. The smallest absolute Gasteiger partial charge is 0.341 e. The lowest BCUT2D eigenvalue weighted by atomic mass is 10.1. The predicted octanol–water partition coefficient (Wildman–Crippen LogP) is 1.96. The fraction of sp³-hybridized carbons (Fsp3) is 0.455. The molecule has 1 aromatic rings. The Balaban J connectivity index is 2.06. The number of aromatic carboxylic acids is 1. The van der Waals surface area contributed by atoms with Crippen LogP contribution in [0.4, 0.5) is 0 Å². The van der Waals surface area contributed by atoms with Crippen molar-refractivity contribution in [2.45, 2.75) is 6.42 Å². The van der Waals surface area contributed by atoms with Crippen molar-refractivity contribution >= 4 is 21.9 Å². The van der Waals surface area contributed by atoms with E-state index in [9.17, 15) is 4.79 Å². The molecule has 1 N–H and O–H groups in total. The quantitative estimate of drug-likeness (QED) is 0.920. The third-order valence-electron chi connectivity index (χ3n) is 2.53. The van der Waals surface area contributed by atoms with Crippen molar-refractivity contribution in [2.75, 3.05) is 19.8 Å². The van der Waals surface area contributed by atoms with Gasteiger partial charge < -0.3 is 14.6 Å². The van der Waals surface area contributed by atoms with Gasteiger partial charge in [0.25, 0.3) is 0 Å². The van der Waals surface area contributed by atoms with Crippen molar-refractivity contribution in [3.8, 4) is 5.88 Å². The van der Waals surface area contributed by atoms with E-state index in [1.165, 1.54) is 12.3 Å². The van der Waals surface area contributed by atoms with Crippen LogP contribution in [0.1, 0.15) is 16.8 Å². The largest absolute Gasteiger partial charge is 0.477 e. The zero-order chi connectivity index (χ0) is 12.3. The van der Waals surface area contributed by atoms with E-state index in [0.29, 0.717) is 23.6 Å². The number of ether oxygens (including phenoxy) is 2. The van der Waals surface area contributed by atoms with Gasteiger partial charge in [0.2, 0.25) is 5.88 Å². The Labute approximate surface area is 107 Å². The number of hydrogen-bond donors (Lipinski definition) is 1. The number of pyridine rings is 1. The van der Waals surface area contributed by atoms with Crippen LogP contribution in [-0.4, -0.2) is 35.9 Å². The lowest BCUT2D eigenvalue weighted by molar-refractivity contribution is 0.0689. The molecule has 92 valence electrons. The number of halogens is 1. The number of rotatable bonds is 4. The fourth-order valence-electron chi connectivity index (χ4n) is 1.61. The van der Waals surface area contributed by atoms with E-state index in [-0.39, 0.29) is 11.4 Å². The molecule has 17 heavy (non-hydrogen) atoms. The van der Waals surface area contributed by atoms with Gasteiger partial charge in [-0.15, -0.1) is 0 Å². The lowest BCUT2D eigenvalue weighted by Gasteiger charge is -2.11. The van der Waals surface area contributed by atoms with Crippen LogP contribution in [0, 0.1) is 5.92 Å². The van der Waals surface area contributed by atoms with E-state index in [4.69, 9.17) is 14.6 Å². The van der Waals surface area contributed by atoms with Crippen molar-refractivity contribution in [3.63, 3.8) is 0 Å². The molecule has 1 aliphatic heterocycles. The first-order valence-corrected chi connectivity index (χ1v) is 6.05. The number of aromatic nitrogens is 1. The second-order valence-corrected chi connectivity index (χ2v) is 4.77. The summed E-state index contributed by atoms with van der Waals surface area (Å²) in [7, 11) is 0. The minimum absolute atomic E-state index is 0.0679. The third-order valence-corrected chi connectivity index (χ3v) is 2.96. The average Bonchev–Trinajstić information content (AvgIpc) is 2.80. The number of hydrogen-bond acceptors (Lipinski definition) is 4. The zero-order valence-electron chi connectivity index (χ0n) is 9.06. The van der Waals surface area contributed by atoms with E-state index in [1.54, 1.807) is 0 Å². The van der Waals surface area contributed by atoms with Crippen molar-refractivity contribution in [3.05, 3.63) is 22.3 Å². The van der Waals surface area contributed by atoms with Gasteiger partial charge in [-0.05, 0) is 28.4 Å². The summed E-state index contributed by atoms with van der Waals surface area (Å²) in [6.07, 6.45) is 2.46. The topological polar surface area (TPSA) is 68.7 Å². The molecule has 1 atom stereocenters. The maximum absolute atomic E-state index is 11.0. The molecule has 1 unspecified atom stereocenters. The Hall–Kier alpha value is -1.14. The van der Waals surface area contributed by atoms with E-state index in [2.05, 4.69) is 20.9 Å². The molecule has 1 fully saturated rings. The van der Waals surface area contributed by atoms with Gasteiger partial charge in [-0.25, -0.2) is 9.78 Å². The third kappa shape index (κ3) is 3.17. The van der Waals surface area contributed by atoms with E-state index >= 15 is 0 Å². The maximum atomic E-state index is 11.0. The molecule has 1 aliphatic rings.